The second kappa shape index (κ2) is 6.63. The molecule has 0 bridgehead atoms. The van der Waals surface area contributed by atoms with E-state index < -0.39 is 0 Å². The SMILES string of the molecule is CN(C)c1cc[c-]cc1.[Cl][Zn+]. The number of anilines is 1. The molecule has 1 nitrogen and oxygen atoms in total. The van der Waals surface area contributed by atoms with Crippen molar-refractivity contribution in [3.63, 3.8) is 0 Å². The Kier molecular flexibility index (Phi) is 6.59. The summed E-state index contributed by atoms with van der Waals surface area (Å²) in [7, 11) is 8.81. The first-order valence-electron chi connectivity index (χ1n) is 3.21. The van der Waals surface area contributed by atoms with Gasteiger partial charge in [-0.1, -0.05) is 5.69 Å². The van der Waals surface area contributed by atoms with Gasteiger partial charge in [0.2, 0.25) is 0 Å². The molecule has 0 atom stereocenters. The first-order chi connectivity index (χ1) is 5.30. The molecule has 0 aliphatic heterocycles. The monoisotopic (exact) mass is 219 g/mol. The molecule has 0 aromatic heterocycles. The van der Waals surface area contributed by atoms with E-state index in [-0.39, 0.29) is 0 Å². The molecule has 0 saturated heterocycles. The van der Waals surface area contributed by atoms with Crippen molar-refractivity contribution < 1.29 is 17.3 Å². The van der Waals surface area contributed by atoms with Gasteiger partial charge >= 0.3 is 27.0 Å². The molecule has 1 aromatic rings. The van der Waals surface area contributed by atoms with Crippen LogP contribution in [0.15, 0.2) is 24.3 Å². The van der Waals surface area contributed by atoms with Crippen molar-refractivity contribution in [2.24, 2.45) is 0 Å². The molecule has 0 heterocycles. The van der Waals surface area contributed by atoms with Crippen LogP contribution in [0.1, 0.15) is 0 Å². The Labute approximate surface area is 82.1 Å². The molecular formula is C8H10ClNZn. The van der Waals surface area contributed by atoms with E-state index in [1.54, 1.807) is 0 Å². The van der Waals surface area contributed by atoms with E-state index >= 15 is 0 Å². The number of nitrogens with zero attached hydrogens (tertiary/aromatic N) is 1. The second-order valence-corrected chi connectivity index (χ2v) is 2.15. The van der Waals surface area contributed by atoms with Crippen molar-refractivity contribution in [2.45, 2.75) is 0 Å². The summed E-state index contributed by atoms with van der Waals surface area (Å²) in [5.41, 5.74) is 1.22. The van der Waals surface area contributed by atoms with Gasteiger partial charge < -0.3 is 4.90 Å². The van der Waals surface area contributed by atoms with Crippen molar-refractivity contribution >= 4 is 15.4 Å². The number of halogens is 1. The normalized spacial score (nSPS) is 8.09. The summed E-state index contributed by atoms with van der Waals surface area (Å²) in [6, 6.07) is 10.8. The van der Waals surface area contributed by atoms with Crippen LogP contribution in [0.5, 0.6) is 0 Å². The Morgan fingerprint density at radius 1 is 1.27 bits per heavy atom. The quantitative estimate of drug-likeness (QED) is 0.519. The van der Waals surface area contributed by atoms with Gasteiger partial charge in [-0.05, 0) is 0 Å². The van der Waals surface area contributed by atoms with E-state index in [1.807, 2.05) is 38.4 Å². The zero-order valence-corrected chi connectivity index (χ0v) is 10.6. The van der Waals surface area contributed by atoms with Gasteiger partial charge in [-0.15, -0.1) is 12.1 Å². The summed E-state index contributed by atoms with van der Waals surface area (Å²) >= 11 is 0.847. The molecule has 0 fully saturated rings. The average molecular weight is 221 g/mol. The molecule has 3 heteroatoms. The van der Waals surface area contributed by atoms with Crippen molar-refractivity contribution in [3.8, 4) is 0 Å². The van der Waals surface area contributed by atoms with E-state index in [9.17, 15) is 0 Å². The molecule has 0 radical (unpaired) electrons. The van der Waals surface area contributed by atoms with Crippen molar-refractivity contribution in [1.82, 2.24) is 0 Å². The number of hydrogen-bond acceptors (Lipinski definition) is 1. The van der Waals surface area contributed by atoms with Crippen LogP contribution in [0, 0.1) is 6.07 Å². The molecule has 0 amide bonds. The van der Waals surface area contributed by atoms with Crippen LogP contribution in [-0.2, 0) is 17.3 Å². The molecule has 0 unspecified atom stereocenters. The van der Waals surface area contributed by atoms with E-state index in [0.29, 0.717) is 0 Å². The van der Waals surface area contributed by atoms with E-state index in [2.05, 4.69) is 11.0 Å². The fraction of sp³-hybridized carbons (Fsp3) is 0.250. The third-order valence-corrected chi connectivity index (χ3v) is 1.22. The van der Waals surface area contributed by atoms with Crippen LogP contribution >= 0.6 is 9.69 Å². The fourth-order valence-corrected chi connectivity index (χ4v) is 0.676. The number of benzene rings is 1. The summed E-state index contributed by atoms with van der Waals surface area (Å²) in [6.07, 6.45) is 0. The number of hydrogen-bond donors (Lipinski definition) is 0. The fourth-order valence-electron chi connectivity index (χ4n) is 0.676. The molecule has 0 saturated carbocycles. The maximum absolute atomic E-state index is 4.76. The molecule has 0 aliphatic rings. The van der Waals surface area contributed by atoms with Gasteiger partial charge in [0, 0.05) is 14.1 Å². The molecular weight excluding hydrogens is 211 g/mol. The van der Waals surface area contributed by atoms with E-state index in [1.165, 1.54) is 5.69 Å². The van der Waals surface area contributed by atoms with Crippen LogP contribution in [0.2, 0.25) is 0 Å². The van der Waals surface area contributed by atoms with Crippen LogP contribution in [-0.4, -0.2) is 14.1 Å². The van der Waals surface area contributed by atoms with Crippen molar-refractivity contribution in [3.05, 3.63) is 30.3 Å². The Morgan fingerprint density at radius 3 is 2.00 bits per heavy atom. The zero-order valence-electron chi connectivity index (χ0n) is 6.84. The zero-order chi connectivity index (χ0) is 8.69. The first-order valence-corrected chi connectivity index (χ1v) is 7.11. The summed E-state index contributed by atoms with van der Waals surface area (Å²) < 4.78 is 0. The summed E-state index contributed by atoms with van der Waals surface area (Å²) in [5, 5.41) is 0. The van der Waals surface area contributed by atoms with Crippen molar-refractivity contribution in [2.75, 3.05) is 19.0 Å². The molecule has 11 heavy (non-hydrogen) atoms. The van der Waals surface area contributed by atoms with Gasteiger partial charge in [0.25, 0.3) is 0 Å². The van der Waals surface area contributed by atoms with Gasteiger partial charge in [0.15, 0.2) is 0 Å². The predicted molar refractivity (Wildman–Crippen MR) is 45.5 cm³/mol. The molecule has 56 valence electrons. The Balaban J connectivity index is 0.000000461. The third kappa shape index (κ3) is 4.39. The summed E-state index contributed by atoms with van der Waals surface area (Å²) in [6.45, 7) is 0. The van der Waals surface area contributed by atoms with Crippen molar-refractivity contribution in [1.29, 1.82) is 0 Å². The van der Waals surface area contributed by atoms with Gasteiger partial charge in [0.1, 0.15) is 0 Å². The van der Waals surface area contributed by atoms with Crippen LogP contribution in [0.25, 0.3) is 0 Å². The minimum absolute atomic E-state index is 0.847. The van der Waals surface area contributed by atoms with Gasteiger partial charge in [0.05, 0.1) is 0 Å². The van der Waals surface area contributed by atoms with Gasteiger partial charge in [-0.2, -0.15) is 18.2 Å². The summed E-state index contributed by atoms with van der Waals surface area (Å²) in [4.78, 5) is 2.06. The predicted octanol–water partition coefficient (Wildman–Crippen LogP) is 2.24. The van der Waals surface area contributed by atoms with Crippen LogP contribution in [0.3, 0.4) is 0 Å². The Morgan fingerprint density at radius 2 is 1.73 bits per heavy atom. The molecule has 0 aliphatic carbocycles. The maximum atomic E-state index is 4.76. The van der Waals surface area contributed by atoms with Gasteiger partial charge in [-0.3, -0.25) is 0 Å². The minimum atomic E-state index is 0.847. The number of rotatable bonds is 1. The topological polar surface area (TPSA) is 3.24 Å². The Bertz CT molecular complexity index is 177. The molecule has 0 N–H and O–H groups in total. The molecule has 0 spiro atoms. The second-order valence-electron chi connectivity index (χ2n) is 2.15. The average Bonchev–Trinajstić information content (AvgIpc) is 2.10. The standard InChI is InChI=1S/C8H10N.ClH.Zn/c1-9(2)8-6-4-3-5-7-8;;/h4-7H,1-2H3;1H;/q-1;;+2/p-1. The Hall–Kier alpha value is -0.0666. The molecule has 1 aromatic carbocycles. The first kappa shape index (κ1) is 10.9. The van der Waals surface area contributed by atoms with Crippen LogP contribution in [0.4, 0.5) is 5.69 Å². The van der Waals surface area contributed by atoms with E-state index in [0.717, 1.165) is 17.3 Å². The summed E-state index contributed by atoms with van der Waals surface area (Å²) in [5.74, 6) is 0. The van der Waals surface area contributed by atoms with Crippen LogP contribution < -0.4 is 4.90 Å². The third-order valence-electron chi connectivity index (χ3n) is 1.22. The van der Waals surface area contributed by atoms with E-state index in [4.69, 9.17) is 9.69 Å². The molecule has 1 rings (SSSR count). The van der Waals surface area contributed by atoms with Gasteiger partial charge in [-0.25, -0.2) is 0 Å².